The molecule has 0 spiro atoms. The van der Waals surface area contributed by atoms with E-state index in [0.717, 1.165) is 37.2 Å². The van der Waals surface area contributed by atoms with Crippen LogP contribution < -0.4 is 15.5 Å². The second kappa shape index (κ2) is 6.79. The van der Waals surface area contributed by atoms with Gasteiger partial charge in [-0.3, -0.25) is 4.79 Å². The molecule has 6 heteroatoms. The van der Waals surface area contributed by atoms with Crippen LogP contribution >= 0.6 is 0 Å². The summed E-state index contributed by atoms with van der Waals surface area (Å²) in [6.07, 6.45) is 3.23. The molecular formula is C16H21N3O3. The first-order valence-corrected chi connectivity index (χ1v) is 7.78. The average molecular weight is 303 g/mol. The maximum atomic E-state index is 11.9. The van der Waals surface area contributed by atoms with Crippen LogP contribution in [0.1, 0.15) is 25.7 Å². The van der Waals surface area contributed by atoms with Gasteiger partial charge < -0.3 is 20.3 Å². The summed E-state index contributed by atoms with van der Waals surface area (Å²) in [7, 11) is 0. The third-order valence-electron chi connectivity index (χ3n) is 4.07. The van der Waals surface area contributed by atoms with E-state index < -0.39 is 0 Å². The monoisotopic (exact) mass is 303 g/mol. The average Bonchev–Trinajstić information content (AvgIpc) is 2.95. The van der Waals surface area contributed by atoms with Gasteiger partial charge in [0, 0.05) is 43.6 Å². The molecule has 3 amide bonds. The van der Waals surface area contributed by atoms with Crippen LogP contribution in [-0.2, 0) is 9.53 Å². The summed E-state index contributed by atoms with van der Waals surface area (Å²) in [5.74, 6) is 0.165. The van der Waals surface area contributed by atoms with Crippen LogP contribution in [0, 0.1) is 0 Å². The van der Waals surface area contributed by atoms with Gasteiger partial charge >= 0.3 is 6.03 Å². The van der Waals surface area contributed by atoms with Gasteiger partial charge in [0.1, 0.15) is 0 Å². The van der Waals surface area contributed by atoms with Gasteiger partial charge in [-0.15, -0.1) is 0 Å². The first-order chi connectivity index (χ1) is 10.7. The normalized spacial score (nSPS) is 19.3. The Morgan fingerprint density at radius 1 is 1.18 bits per heavy atom. The largest absolute Gasteiger partial charge is 0.381 e. The van der Waals surface area contributed by atoms with Gasteiger partial charge in [0.15, 0.2) is 0 Å². The molecule has 6 nitrogen and oxygen atoms in total. The molecular weight excluding hydrogens is 282 g/mol. The maximum Gasteiger partial charge on any atom is 0.319 e. The molecule has 3 rings (SSSR count). The highest BCUT2D eigenvalue weighted by Crippen LogP contribution is 2.23. The Bertz CT molecular complexity index is 538. The van der Waals surface area contributed by atoms with E-state index in [1.165, 1.54) is 0 Å². The van der Waals surface area contributed by atoms with Crippen molar-refractivity contribution in [2.45, 2.75) is 31.7 Å². The van der Waals surface area contributed by atoms with Gasteiger partial charge in [-0.25, -0.2) is 4.79 Å². The van der Waals surface area contributed by atoms with Crippen molar-refractivity contribution >= 4 is 23.3 Å². The van der Waals surface area contributed by atoms with Crippen molar-refractivity contribution in [1.82, 2.24) is 5.32 Å². The molecule has 2 aliphatic rings. The van der Waals surface area contributed by atoms with E-state index in [9.17, 15) is 9.59 Å². The van der Waals surface area contributed by atoms with Gasteiger partial charge in [0.25, 0.3) is 0 Å². The van der Waals surface area contributed by atoms with E-state index in [1.54, 1.807) is 4.90 Å². The maximum absolute atomic E-state index is 11.9. The molecule has 1 aromatic carbocycles. The Hall–Kier alpha value is -2.08. The van der Waals surface area contributed by atoms with Crippen molar-refractivity contribution in [1.29, 1.82) is 0 Å². The standard InChI is InChI=1S/C16H21N3O3/c20-15-2-1-9-19(15)14-5-3-12(4-6-14)17-16(21)18-13-7-10-22-11-8-13/h3-6,13H,1-2,7-11H2,(H2,17,18,21). The highest BCUT2D eigenvalue weighted by atomic mass is 16.5. The number of carbonyl (C=O) groups excluding carboxylic acids is 2. The lowest BCUT2D eigenvalue weighted by atomic mass is 10.1. The Balaban J connectivity index is 1.54. The Kier molecular flexibility index (Phi) is 4.58. The second-order valence-corrected chi connectivity index (χ2v) is 5.68. The summed E-state index contributed by atoms with van der Waals surface area (Å²) in [6.45, 7) is 2.17. The molecule has 118 valence electrons. The number of benzene rings is 1. The van der Waals surface area contributed by atoms with E-state index in [0.29, 0.717) is 19.6 Å². The van der Waals surface area contributed by atoms with E-state index in [2.05, 4.69) is 10.6 Å². The summed E-state index contributed by atoms with van der Waals surface area (Å²) in [5.41, 5.74) is 1.61. The topological polar surface area (TPSA) is 70.7 Å². The molecule has 0 aliphatic carbocycles. The number of hydrogen-bond acceptors (Lipinski definition) is 3. The van der Waals surface area contributed by atoms with Crippen LogP contribution in [0.15, 0.2) is 24.3 Å². The lowest BCUT2D eigenvalue weighted by Gasteiger charge is -2.23. The summed E-state index contributed by atoms with van der Waals surface area (Å²) in [6, 6.07) is 7.36. The van der Waals surface area contributed by atoms with Gasteiger partial charge in [0.2, 0.25) is 5.91 Å². The van der Waals surface area contributed by atoms with E-state index in [4.69, 9.17) is 4.74 Å². The van der Waals surface area contributed by atoms with Gasteiger partial charge in [-0.2, -0.15) is 0 Å². The zero-order valence-corrected chi connectivity index (χ0v) is 12.5. The third-order valence-corrected chi connectivity index (χ3v) is 4.07. The minimum atomic E-state index is -0.197. The van der Waals surface area contributed by atoms with Gasteiger partial charge in [0.05, 0.1) is 0 Å². The van der Waals surface area contributed by atoms with E-state index in [1.807, 2.05) is 24.3 Å². The third kappa shape index (κ3) is 3.57. The summed E-state index contributed by atoms with van der Waals surface area (Å²) < 4.78 is 5.27. The van der Waals surface area contributed by atoms with Gasteiger partial charge in [-0.05, 0) is 43.5 Å². The van der Waals surface area contributed by atoms with Crippen molar-refractivity contribution in [3.05, 3.63) is 24.3 Å². The minimum Gasteiger partial charge on any atom is -0.381 e. The molecule has 2 heterocycles. The predicted molar refractivity (Wildman–Crippen MR) is 84.0 cm³/mol. The Labute approximate surface area is 129 Å². The second-order valence-electron chi connectivity index (χ2n) is 5.68. The molecule has 0 bridgehead atoms. The first-order valence-electron chi connectivity index (χ1n) is 7.78. The molecule has 0 aromatic heterocycles. The predicted octanol–water partition coefficient (Wildman–Crippen LogP) is 2.11. The molecule has 1 aromatic rings. The molecule has 0 unspecified atom stereocenters. The number of nitrogens with one attached hydrogen (secondary N) is 2. The highest BCUT2D eigenvalue weighted by Gasteiger charge is 2.21. The molecule has 2 aliphatic heterocycles. The van der Waals surface area contributed by atoms with Crippen LogP contribution in [-0.4, -0.2) is 37.7 Å². The molecule has 22 heavy (non-hydrogen) atoms. The van der Waals surface area contributed by atoms with E-state index in [-0.39, 0.29) is 18.0 Å². The number of anilines is 2. The molecule has 2 saturated heterocycles. The number of carbonyl (C=O) groups is 2. The summed E-state index contributed by atoms with van der Waals surface area (Å²) >= 11 is 0. The van der Waals surface area contributed by atoms with Gasteiger partial charge in [-0.1, -0.05) is 0 Å². The van der Waals surface area contributed by atoms with Crippen LogP contribution in [0.4, 0.5) is 16.2 Å². The molecule has 2 fully saturated rings. The number of amides is 3. The Morgan fingerprint density at radius 2 is 1.91 bits per heavy atom. The van der Waals surface area contributed by atoms with Crippen molar-refractivity contribution in [3.8, 4) is 0 Å². The van der Waals surface area contributed by atoms with Crippen molar-refractivity contribution in [2.75, 3.05) is 30.0 Å². The quantitative estimate of drug-likeness (QED) is 0.898. The molecule has 0 radical (unpaired) electrons. The fourth-order valence-corrected chi connectivity index (χ4v) is 2.84. The molecule has 0 saturated carbocycles. The van der Waals surface area contributed by atoms with Crippen molar-refractivity contribution in [2.24, 2.45) is 0 Å². The SMILES string of the molecule is O=C(Nc1ccc(N2CCCC2=O)cc1)NC1CCOCC1. The van der Waals surface area contributed by atoms with Crippen LogP contribution in [0.5, 0.6) is 0 Å². The van der Waals surface area contributed by atoms with Crippen molar-refractivity contribution in [3.63, 3.8) is 0 Å². The number of rotatable bonds is 3. The van der Waals surface area contributed by atoms with Crippen LogP contribution in [0.2, 0.25) is 0 Å². The number of ether oxygens (including phenoxy) is 1. The fourth-order valence-electron chi connectivity index (χ4n) is 2.84. The van der Waals surface area contributed by atoms with Crippen LogP contribution in [0.3, 0.4) is 0 Å². The first kappa shape index (κ1) is 14.8. The fraction of sp³-hybridized carbons (Fsp3) is 0.500. The lowest BCUT2D eigenvalue weighted by Crippen LogP contribution is -2.41. The molecule has 0 atom stereocenters. The van der Waals surface area contributed by atoms with E-state index >= 15 is 0 Å². The zero-order valence-electron chi connectivity index (χ0n) is 12.5. The Morgan fingerprint density at radius 3 is 2.55 bits per heavy atom. The van der Waals surface area contributed by atoms with Crippen molar-refractivity contribution < 1.29 is 14.3 Å². The molecule has 2 N–H and O–H groups in total. The zero-order chi connectivity index (χ0) is 15.4. The number of urea groups is 1. The number of hydrogen-bond donors (Lipinski definition) is 2. The number of nitrogens with zero attached hydrogens (tertiary/aromatic N) is 1. The van der Waals surface area contributed by atoms with Crippen LogP contribution in [0.25, 0.3) is 0 Å². The summed E-state index contributed by atoms with van der Waals surface area (Å²) in [5, 5.41) is 5.77. The smallest absolute Gasteiger partial charge is 0.319 e. The summed E-state index contributed by atoms with van der Waals surface area (Å²) in [4.78, 5) is 25.4. The highest BCUT2D eigenvalue weighted by molar-refractivity contribution is 5.96. The lowest BCUT2D eigenvalue weighted by molar-refractivity contribution is -0.117. The minimum absolute atomic E-state index is 0.165.